The Morgan fingerprint density at radius 3 is 2.48 bits per heavy atom. The molecule has 0 bridgehead atoms. The number of fused-ring (bicyclic) bond motifs is 1. The molecule has 2 fully saturated rings. The highest BCUT2D eigenvalue weighted by atomic mass is 16.2. The van der Waals surface area contributed by atoms with E-state index in [-0.39, 0.29) is 29.8 Å². The minimum Gasteiger partial charge on any atom is -0.343 e. The van der Waals surface area contributed by atoms with Gasteiger partial charge in [0.15, 0.2) is 0 Å². The van der Waals surface area contributed by atoms with E-state index < -0.39 is 6.04 Å². The average Bonchev–Trinajstić information content (AvgIpc) is 3.20. The maximum absolute atomic E-state index is 13.5. The SMILES string of the molecule is CC[C@H](NC)C(=O)NC(C(=O)N1CC[C@H]2CCN(CCc3ccccc3)C[C@H]21)C(C)C. The first-order valence-electron chi connectivity index (χ1n) is 12.0. The molecule has 2 aliphatic heterocycles. The molecule has 2 amide bonds. The third-order valence-electron chi connectivity index (χ3n) is 7.09. The lowest BCUT2D eigenvalue weighted by Crippen LogP contribution is -2.58. The number of piperidine rings is 1. The summed E-state index contributed by atoms with van der Waals surface area (Å²) in [6, 6.07) is 10.1. The lowest BCUT2D eigenvalue weighted by Gasteiger charge is -2.40. The number of likely N-dealkylation sites (N-methyl/N-ethyl adjacent to an activating group) is 1. The summed E-state index contributed by atoms with van der Waals surface area (Å²) in [6.07, 6.45) is 3.97. The molecule has 2 saturated heterocycles. The van der Waals surface area contributed by atoms with Crippen molar-refractivity contribution in [1.82, 2.24) is 20.4 Å². The van der Waals surface area contributed by atoms with Crippen molar-refractivity contribution in [2.24, 2.45) is 11.8 Å². The number of likely N-dealkylation sites (tertiary alicyclic amines) is 2. The maximum atomic E-state index is 13.5. The molecule has 31 heavy (non-hydrogen) atoms. The van der Waals surface area contributed by atoms with Crippen molar-refractivity contribution in [3.8, 4) is 0 Å². The highest BCUT2D eigenvalue weighted by molar-refractivity contribution is 5.90. The number of carbonyl (C=O) groups excluding carboxylic acids is 2. The number of hydrogen-bond donors (Lipinski definition) is 2. The monoisotopic (exact) mass is 428 g/mol. The van der Waals surface area contributed by atoms with Gasteiger partial charge in [-0.2, -0.15) is 0 Å². The van der Waals surface area contributed by atoms with Crippen LogP contribution in [0.4, 0.5) is 0 Å². The Bertz CT molecular complexity index is 719. The van der Waals surface area contributed by atoms with Crippen LogP contribution in [0, 0.1) is 11.8 Å². The van der Waals surface area contributed by atoms with E-state index in [0.29, 0.717) is 12.3 Å². The van der Waals surface area contributed by atoms with Crippen molar-refractivity contribution in [2.45, 2.75) is 64.6 Å². The van der Waals surface area contributed by atoms with Gasteiger partial charge in [0.1, 0.15) is 6.04 Å². The van der Waals surface area contributed by atoms with Crippen molar-refractivity contribution < 1.29 is 9.59 Å². The van der Waals surface area contributed by atoms with Crippen LogP contribution in [0.15, 0.2) is 30.3 Å². The molecular formula is C25H40N4O2. The lowest BCUT2D eigenvalue weighted by atomic mass is 9.91. The van der Waals surface area contributed by atoms with Crippen LogP contribution in [0.5, 0.6) is 0 Å². The van der Waals surface area contributed by atoms with Crippen LogP contribution in [-0.2, 0) is 16.0 Å². The second-order valence-electron chi connectivity index (χ2n) is 9.45. The predicted molar refractivity (Wildman–Crippen MR) is 125 cm³/mol. The summed E-state index contributed by atoms with van der Waals surface area (Å²) in [5.74, 6) is 0.649. The van der Waals surface area contributed by atoms with Crippen molar-refractivity contribution in [2.75, 3.05) is 33.2 Å². The van der Waals surface area contributed by atoms with Gasteiger partial charge in [-0.05, 0) is 56.7 Å². The predicted octanol–water partition coefficient (Wildman–Crippen LogP) is 2.29. The molecule has 4 atom stereocenters. The molecule has 2 N–H and O–H groups in total. The number of rotatable bonds is 9. The Morgan fingerprint density at radius 2 is 1.84 bits per heavy atom. The maximum Gasteiger partial charge on any atom is 0.245 e. The molecular weight excluding hydrogens is 388 g/mol. The van der Waals surface area contributed by atoms with E-state index in [1.54, 1.807) is 7.05 Å². The van der Waals surface area contributed by atoms with Gasteiger partial charge < -0.3 is 20.4 Å². The highest BCUT2D eigenvalue weighted by Gasteiger charge is 2.43. The average molecular weight is 429 g/mol. The van der Waals surface area contributed by atoms with Gasteiger partial charge in [0.05, 0.1) is 6.04 Å². The molecule has 2 heterocycles. The normalized spacial score (nSPS) is 23.5. The Kier molecular flexibility index (Phi) is 8.50. The number of hydrogen-bond acceptors (Lipinski definition) is 4. The van der Waals surface area contributed by atoms with Crippen LogP contribution in [0.25, 0.3) is 0 Å². The van der Waals surface area contributed by atoms with Crippen LogP contribution in [0.1, 0.15) is 45.6 Å². The smallest absolute Gasteiger partial charge is 0.245 e. The molecule has 1 unspecified atom stereocenters. The molecule has 2 aliphatic rings. The standard InChI is InChI=1S/C25H40N4O2/c1-5-21(26-4)24(30)27-23(18(2)3)25(31)29-16-13-20-12-15-28(17-22(20)29)14-11-19-9-7-6-8-10-19/h6-10,18,20-23,26H,5,11-17H2,1-4H3,(H,27,30)/t20-,21+,22-,23?/m1/s1. The minimum absolute atomic E-state index is 0.0580. The first-order valence-corrected chi connectivity index (χ1v) is 12.0. The molecule has 3 rings (SSSR count). The summed E-state index contributed by atoms with van der Waals surface area (Å²) in [5, 5.41) is 6.08. The zero-order valence-corrected chi connectivity index (χ0v) is 19.6. The van der Waals surface area contributed by atoms with Gasteiger partial charge in [-0.15, -0.1) is 0 Å². The van der Waals surface area contributed by atoms with Crippen molar-refractivity contribution >= 4 is 11.8 Å². The number of carbonyl (C=O) groups is 2. The van der Waals surface area contributed by atoms with Crippen molar-refractivity contribution in [3.05, 3.63) is 35.9 Å². The third kappa shape index (κ3) is 5.86. The number of amides is 2. The lowest BCUT2D eigenvalue weighted by molar-refractivity contribution is -0.139. The topological polar surface area (TPSA) is 64.7 Å². The number of nitrogens with zero attached hydrogens (tertiary/aromatic N) is 2. The second kappa shape index (κ2) is 11.1. The van der Waals surface area contributed by atoms with Crippen LogP contribution in [0.3, 0.4) is 0 Å². The third-order valence-corrected chi connectivity index (χ3v) is 7.09. The zero-order chi connectivity index (χ0) is 22.4. The summed E-state index contributed by atoms with van der Waals surface area (Å²) in [4.78, 5) is 30.8. The van der Waals surface area contributed by atoms with Gasteiger partial charge in [-0.25, -0.2) is 0 Å². The molecule has 0 saturated carbocycles. The zero-order valence-electron chi connectivity index (χ0n) is 19.6. The summed E-state index contributed by atoms with van der Waals surface area (Å²) in [7, 11) is 1.79. The first-order chi connectivity index (χ1) is 14.9. The quantitative estimate of drug-likeness (QED) is 0.633. The number of nitrogens with one attached hydrogen (secondary N) is 2. The molecule has 1 aromatic carbocycles. The van der Waals surface area contributed by atoms with Crippen LogP contribution in [-0.4, -0.2) is 73.0 Å². The van der Waals surface area contributed by atoms with Crippen LogP contribution in [0.2, 0.25) is 0 Å². The first kappa shape index (κ1) is 23.7. The van der Waals surface area contributed by atoms with E-state index in [2.05, 4.69) is 50.8 Å². The van der Waals surface area contributed by atoms with Gasteiger partial charge in [-0.1, -0.05) is 51.1 Å². The van der Waals surface area contributed by atoms with Gasteiger partial charge in [-0.3, -0.25) is 9.59 Å². The Hall–Kier alpha value is -1.92. The van der Waals surface area contributed by atoms with Crippen molar-refractivity contribution in [3.63, 3.8) is 0 Å². The summed E-state index contributed by atoms with van der Waals surface area (Å²) >= 11 is 0. The summed E-state index contributed by atoms with van der Waals surface area (Å²) in [5.41, 5.74) is 1.36. The van der Waals surface area contributed by atoms with Gasteiger partial charge in [0.25, 0.3) is 0 Å². The van der Waals surface area contributed by atoms with Gasteiger partial charge >= 0.3 is 0 Å². The molecule has 0 spiro atoms. The van der Waals surface area contributed by atoms with Crippen LogP contribution < -0.4 is 10.6 Å². The fourth-order valence-corrected chi connectivity index (χ4v) is 5.08. The molecule has 0 aliphatic carbocycles. The molecule has 6 nitrogen and oxygen atoms in total. The molecule has 6 heteroatoms. The fourth-order valence-electron chi connectivity index (χ4n) is 5.08. The Morgan fingerprint density at radius 1 is 1.13 bits per heavy atom. The van der Waals surface area contributed by atoms with E-state index >= 15 is 0 Å². The number of benzene rings is 1. The molecule has 0 radical (unpaired) electrons. The molecule has 172 valence electrons. The Balaban J connectivity index is 1.62. The van der Waals surface area contributed by atoms with Crippen molar-refractivity contribution in [1.29, 1.82) is 0 Å². The van der Waals surface area contributed by atoms with Crippen LogP contribution >= 0.6 is 0 Å². The van der Waals surface area contributed by atoms with E-state index in [4.69, 9.17) is 0 Å². The Labute approximate surface area is 187 Å². The van der Waals surface area contributed by atoms with E-state index in [9.17, 15) is 9.59 Å². The van der Waals surface area contributed by atoms with E-state index in [0.717, 1.165) is 45.4 Å². The summed E-state index contributed by atoms with van der Waals surface area (Å²) in [6.45, 7) is 9.90. The van der Waals surface area contributed by atoms with E-state index in [1.807, 2.05) is 20.8 Å². The molecule has 0 aromatic heterocycles. The van der Waals surface area contributed by atoms with E-state index in [1.165, 1.54) is 5.56 Å². The summed E-state index contributed by atoms with van der Waals surface area (Å²) < 4.78 is 0. The highest BCUT2D eigenvalue weighted by Crippen LogP contribution is 2.32. The van der Waals surface area contributed by atoms with Gasteiger partial charge in [0, 0.05) is 25.7 Å². The second-order valence-corrected chi connectivity index (χ2v) is 9.45. The largest absolute Gasteiger partial charge is 0.343 e. The molecule has 1 aromatic rings. The minimum atomic E-state index is -0.464. The fraction of sp³-hybridized carbons (Fsp3) is 0.680. The van der Waals surface area contributed by atoms with Gasteiger partial charge in [0.2, 0.25) is 11.8 Å².